The molecule has 0 aliphatic carbocycles. The van der Waals surface area contributed by atoms with Gasteiger partial charge in [-0.3, -0.25) is 4.79 Å². The summed E-state index contributed by atoms with van der Waals surface area (Å²) in [6.45, 7) is -1.39. The van der Waals surface area contributed by atoms with Crippen molar-refractivity contribution in [2.75, 3.05) is 13.2 Å². The third-order valence-corrected chi connectivity index (χ3v) is 7.54. The van der Waals surface area contributed by atoms with Gasteiger partial charge in [0.15, 0.2) is 23.2 Å². The average molecular weight is 611 g/mol. The number of phenols is 4. The summed E-state index contributed by atoms with van der Waals surface area (Å²) in [5, 5.41) is 112. The van der Waals surface area contributed by atoms with E-state index in [0.29, 0.717) is 0 Å². The minimum atomic E-state index is -1.95. The number of aliphatic hydroxyl groups excluding tert-OH is 7. The second kappa shape index (κ2) is 11.9. The number of hydrogen-bond donors (Lipinski definition) is 11. The van der Waals surface area contributed by atoms with Crippen molar-refractivity contribution >= 4 is 11.0 Å². The summed E-state index contributed by atoms with van der Waals surface area (Å²) >= 11 is 0. The molecule has 0 unspecified atom stereocenters. The first-order chi connectivity index (χ1) is 20.3. The van der Waals surface area contributed by atoms with Gasteiger partial charge in [-0.15, -0.1) is 0 Å². The van der Waals surface area contributed by atoms with Gasteiger partial charge >= 0.3 is 0 Å². The first-order valence-corrected chi connectivity index (χ1v) is 13.0. The Balaban J connectivity index is 1.44. The van der Waals surface area contributed by atoms with Crippen molar-refractivity contribution in [2.45, 2.75) is 61.2 Å². The zero-order chi connectivity index (χ0) is 31.3. The molecule has 0 saturated carbocycles. The van der Waals surface area contributed by atoms with Crippen LogP contribution in [-0.4, -0.2) is 125 Å². The Hall–Kier alpha value is -3.55. The van der Waals surface area contributed by atoms with E-state index in [9.17, 15) is 61.0 Å². The normalized spacial score (nSPS) is 33.1. The summed E-state index contributed by atoms with van der Waals surface area (Å²) in [7, 11) is 0. The molecule has 16 nitrogen and oxygen atoms in total. The van der Waals surface area contributed by atoms with Crippen LogP contribution in [0.4, 0.5) is 0 Å². The molecule has 2 fully saturated rings. The van der Waals surface area contributed by atoms with Crippen LogP contribution in [0.25, 0.3) is 22.3 Å². The Kier molecular flexibility index (Phi) is 8.52. The molecule has 2 aromatic carbocycles. The summed E-state index contributed by atoms with van der Waals surface area (Å²) < 4.78 is 21.9. The van der Waals surface area contributed by atoms with Crippen molar-refractivity contribution in [3.63, 3.8) is 0 Å². The van der Waals surface area contributed by atoms with E-state index >= 15 is 0 Å². The first-order valence-electron chi connectivity index (χ1n) is 13.0. The molecule has 10 atom stereocenters. The molecule has 0 spiro atoms. The van der Waals surface area contributed by atoms with Gasteiger partial charge in [0.25, 0.3) is 0 Å². The molecular weight excluding hydrogens is 580 g/mol. The predicted molar refractivity (Wildman–Crippen MR) is 140 cm³/mol. The number of hydrogen-bond acceptors (Lipinski definition) is 16. The molecule has 3 aromatic rings. The molecule has 234 valence electrons. The summed E-state index contributed by atoms with van der Waals surface area (Å²) in [6, 6.07) is 5.55. The van der Waals surface area contributed by atoms with Gasteiger partial charge in [0.2, 0.25) is 0 Å². The van der Waals surface area contributed by atoms with Gasteiger partial charge in [-0.1, -0.05) is 0 Å². The fourth-order valence-corrected chi connectivity index (χ4v) is 5.13. The van der Waals surface area contributed by atoms with Gasteiger partial charge in [0.05, 0.1) is 18.8 Å². The van der Waals surface area contributed by atoms with Crippen LogP contribution in [0.5, 0.6) is 23.0 Å². The van der Waals surface area contributed by atoms with Crippen LogP contribution in [0, 0.1) is 0 Å². The number of ether oxygens (including phenoxy) is 3. The van der Waals surface area contributed by atoms with E-state index in [0.717, 1.165) is 24.3 Å². The molecule has 0 amide bonds. The summed E-state index contributed by atoms with van der Waals surface area (Å²) in [5.74, 6) is -2.60. The van der Waals surface area contributed by atoms with Crippen LogP contribution in [0.1, 0.15) is 11.7 Å². The summed E-state index contributed by atoms with van der Waals surface area (Å²) in [4.78, 5) is 13.0. The highest BCUT2D eigenvalue weighted by molar-refractivity contribution is 5.88. The van der Waals surface area contributed by atoms with Crippen LogP contribution < -0.4 is 5.43 Å². The predicted octanol–water partition coefficient (Wildman–Crippen LogP) is -2.38. The molecule has 0 bridgehead atoms. The Morgan fingerprint density at radius 1 is 0.721 bits per heavy atom. The van der Waals surface area contributed by atoms with Crippen molar-refractivity contribution in [3.8, 4) is 34.3 Å². The first kappa shape index (κ1) is 30.9. The van der Waals surface area contributed by atoms with E-state index in [-0.39, 0.29) is 16.9 Å². The number of aliphatic hydroxyl groups is 7. The summed E-state index contributed by atoms with van der Waals surface area (Å²) in [5.41, 5.74) is -1.47. The van der Waals surface area contributed by atoms with Crippen LogP contribution >= 0.6 is 0 Å². The van der Waals surface area contributed by atoms with Crippen molar-refractivity contribution < 1.29 is 74.8 Å². The minimum absolute atomic E-state index is 0.0859. The van der Waals surface area contributed by atoms with Crippen molar-refractivity contribution in [1.82, 2.24) is 0 Å². The largest absolute Gasteiger partial charge is 0.507 e. The average Bonchev–Trinajstić information content (AvgIpc) is 2.97. The van der Waals surface area contributed by atoms with Gasteiger partial charge in [0.1, 0.15) is 83.2 Å². The molecule has 2 saturated heterocycles. The van der Waals surface area contributed by atoms with E-state index in [1.54, 1.807) is 0 Å². The van der Waals surface area contributed by atoms with E-state index in [1.807, 2.05) is 0 Å². The van der Waals surface area contributed by atoms with Gasteiger partial charge in [0, 0.05) is 17.7 Å². The van der Waals surface area contributed by atoms with Crippen molar-refractivity contribution in [3.05, 3.63) is 46.1 Å². The Morgan fingerprint density at radius 3 is 2.07 bits per heavy atom. The third kappa shape index (κ3) is 5.49. The topological polar surface area (TPSA) is 280 Å². The lowest BCUT2D eigenvalue weighted by Crippen LogP contribution is -2.60. The Morgan fingerprint density at radius 2 is 1.40 bits per heavy atom. The van der Waals surface area contributed by atoms with Gasteiger partial charge < -0.3 is 74.8 Å². The lowest BCUT2D eigenvalue weighted by Gasteiger charge is -2.43. The fraction of sp³-hybridized carbons (Fsp3) is 0.444. The molecule has 0 radical (unpaired) electrons. The molecule has 43 heavy (non-hydrogen) atoms. The van der Waals surface area contributed by atoms with Crippen molar-refractivity contribution in [1.29, 1.82) is 0 Å². The van der Waals surface area contributed by atoms with E-state index in [1.165, 1.54) is 6.07 Å². The number of benzene rings is 2. The molecule has 3 heterocycles. The highest BCUT2D eigenvalue weighted by Gasteiger charge is 2.48. The number of rotatable bonds is 6. The Bertz CT molecular complexity index is 1540. The lowest BCUT2D eigenvalue weighted by atomic mass is 9.89. The lowest BCUT2D eigenvalue weighted by molar-refractivity contribution is -0.314. The molecule has 2 aliphatic rings. The smallest absolute Gasteiger partial charge is 0.197 e. The number of fused-ring (bicyclic) bond motifs is 1. The molecule has 2 aliphatic heterocycles. The van der Waals surface area contributed by atoms with Gasteiger partial charge in [-0.05, 0) is 18.2 Å². The van der Waals surface area contributed by atoms with Crippen LogP contribution in [-0.2, 0) is 14.2 Å². The second-order valence-corrected chi connectivity index (χ2v) is 10.3. The van der Waals surface area contributed by atoms with Crippen LogP contribution in [0.3, 0.4) is 0 Å². The monoisotopic (exact) mass is 610 g/mol. The van der Waals surface area contributed by atoms with Crippen LogP contribution in [0.2, 0.25) is 0 Å². The van der Waals surface area contributed by atoms with E-state index in [4.69, 9.17) is 18.6 Å². The Labute approximate surface area is 241 Å². The SMILES string of the molecule is O=c1cc(-c2ccc(O)c(O)c2)oc2cc(O)c([C@@H]3O[C@H](CO[C@@H]4O[C@H](CO)[C@@H](O)[C@H](O)[C@H]4O)[C@@H](O)[C@H](O)[C@H]3O)c(O)c12. The maximum absolute atomic E-state index is 13.0. The quantitative estimate of drug-likeness (QED) is 0.130. The highest BCUT2D eigenvalue weighted by Crippen LogP contribution is 2.45. The standard InChI is InChI=1S/C27H30O16/c28-6-15-19(33)23(37)25(39)27(43-15)40-7-16-20(34)22(36)24(38)26(42-16)18-12(32)5-14-17(21(18)35)11(31)4-13(41-14)8-1-2-9(29)10(30)3-8/h1-5,15-16,19-20,22-30,32-39H,6-7H2/t15-,16-,19-,20-,22+,23+,24-,25-,26+,27-/m1/s1. The minimum Gasteiger partial charge on any atom is -0.507 e. The number of phenolic OH excluding ortho intramolecular Hbond substituents is 4. The molecule has 16 heteroatoms. The maximum Gasteiger partial charge on any atom is 0.197 e. The molecule has 5 rings (SSSR count). The van der Waals surface area contributed by atoms with Gasteiger partial charge in [-0.2, -0.15) is 0 Å². The third-order valence-electron chi connectivity index (χ3n) is 7.54. The fourth-order valence-electron chi connectivity index (χ4n) is 5.13. The number of aromatic hydroxyl groups is 4. The van der Waals surface area contributed by atoms with E-state index in [2.05, 4.69) is 0 Å². The maximum atomic E-state index is 13.0. The zero-order valence-electron chi connectivity index (χ0n) is 22.0. The van der Waals surface area contributed by atoms with Crippen molar-refractivity contribution in [2.24, 2.45) is 0 Å². The van der Waals surface area contributed by atoms with Crippen LogP contribution in [0.15, 0.2) is 39.5 Å². The highest BCUT2D eigenvalue weighted by atomic mass is 16.7. The van der Waals surface area contributed by atoms with E-state index < -0.39 is 114 Å². The molecule has 11 N–H and O–H groups in total. The zero-order valence-corrected chi connectivity index (χ0v) is 22.0. The molecule has 1 aromatic heterocycles. The second-order valence-electron chi connectivity index (χ2n) is 10.3. The summed E-state index contributed by atoms with van der Waals surface area (Å²) in [6.07, 6.45) is -17.1. The van der Waals surface area contributed by atoms with Gasteiger partial charge in [-0.25, -0.2) is 0 Å². The molecular formula is C27H30O16.